The molecule has 0 fully saturated rings. The fourth-order valence-corrected chi connectivity index (χ4v) is 2.15. The molecule has 3 nitrogen and oxygen atoms in total. The molecule has 3 heteroatoms. The Balaban J connectivity index is 2.15. The van der Waals surface area contributed by atoms with Crippen molar-refractivity contribution < 1.29 is 0 Å². The average Bonchev–Trinajstić information content (AvgIpc) is 2.25. The van der Waals surface area contributed by atoms with Gasteiger partial charge in [0, 0.05) is 6.54 Å². The van der Waals surface area contributed by atoms with Crippen LogP contribution in [-0.4, -0.2) is 16.7 Å². The van der Waals surface area contributed by atoms with E-state index < -0.39 is 0 Å². The second-order valence-corrected chi connectivity index (χ2v) is 4.49. The summed E-state index contributed by atoms with van der Waals surface area (Å²) in [5.41, 5.74) is 1.32. The van der Waals surface area contributed by atoms with E-state index in [-0.39, 0.29) is 0 Å². The van der Waals surface area contributed by atoms with Crippen molar-refractivity contribution >= 4 is 5.82 Å². The van der Waals surface area contributed by atoms with Crippen molar-refractivity contribution in [3.63, 3.8) is 0 Å². The van der Waals surface area contributed by atoms with E-state index in [1.165, 1.54) is 31.2 Å². The van der Waals surface area contributed by atoms with Gasteiger partial charge in [0.05, 0.1) is 6.20 Å². The summed E-state index contributed by atoms with van der Waals surface area (Å²) >= 11 is 0. The average molecular weight is 205 g/mol. The second-order valence-electron chi connectivity index (χ2n) is 4.49. The summed E-state index contributed by atoms with van der Waals surface area (Å²) < 4.78 is 0. The minimum absolute atomic E-state index is 0.757. The summed E-state index contributed by atoms with van der Waals surface area (Å²) in [5.74, 6) is 1.75. The first-order valence-corrected chi connectivity index (χ1v) is 5.90. The Morgan fingerprint density at radius 3 is 3.20 bits per heavy atom. The van der Waals surface area contributed by atoms with E-state index in [0.717, 1.165) is 24.7 Å². The van der Waals surface area contributed by atoms with Gasteiger partial charge >= 0.3 is 0 Å². The van der Waals surface area contributed by atoms with Gasteiger partial charge in [-0.1, -0.05) is 26.2 Å². The number of rotatable bonds is 0. The van der Waals surface area contributed by atoms with Crippen molar-refractivity contribution in [3.05, 3.63) is 17.8 Å². The molecule has 0 spiro atoms. The Hall–Kier alpha value is -1.12. The predicted molar refractivity (Wildman–Crippen MR) is 61.9 cm³/mol. The Morgan fingerprint density at radius 2 is 2.27 bits per heavy atom. The number of fused-ring (bicyclic) bond motifs is 1. The van der Waals surface area contributed by atoms with E-state index in [0.29, 0.717) is 0 Å². The molecule has 0 saturated carbocycles. The van der Waals surface area contributed by atoms with Crippen molar-refractivity contribution in [1.82, 2.24) is 10.2 Å². The van der Waals surface area contributed by atoms with Gasteiger partial charge in [-0.3, -0.25) is 0 Å². The monoisotopic (exact) mass is 205 g/mol. The number of hydrogen-bond donors (Lipinski definition) is 1. The minimum Gasteiger partial charge on any atom is -0.368 e. The predicted octanol–water partition coefficient (Wildman–Crippen LogP) is 2.64. The highest BCUT2D eigenvalue weighted by Crippen LogP contribution is 2.21. The summed E-state index contributed by atoms with van der Waals surface area (Å²) in [4.78, 5) is 0. The SMILES string of the molecule is CC1CCCCCNc2nnccc2C1. The van der Waals surface area contributed by atoms with Gasteiger partial charge in [0.15, 0.2) is 5.82 Å². The summed E-state index contributed by atoms with van der Waals surface area (Å²) in [6, 6.07) is 2.09. The molecule has 1 atom stereocenters. The fraction of sp³-hybridized carbons (Fsp3) is 0.667. The molecule has 0 aliphatic carbocycles. The molecule has 2 heterocycles. The minimum atomic E-state index is 0.757. The third-order valence-electron chi connectivity index (χ3n) is 3.04. The first-order chi connectivity index (χ1) is 7.36. The molecule has 0 radical (unpaired) electrons. The highest BCUT2D eigenvalue weighted by Gasteiger charge is 2.10. The maximum Gasteiger partial charge on any atom is 0.151 e. The molecule has 1 aliphatic heterocycles. The van der Waals surface area contributed by atoms with Gasteiger partial charge in [0.2, 0.25) is 0 Å². The van der Waals surface area contributed by atoms with E-state index in [4.69, 9.17) is 0 Å². The van der Waals surface area contributed by atoms with E-state index >= 15 is 0 Å². The van der Waals surface area contributed by atoms with Crippen LogP contribution in [0, 0.1) is 5.92 Å². The fourth-order valence-electron chi connectivity index (χ4n) is 2.15. The lowest BCUT2D eigenvalue weighted by Crippen LogP contribution is -2.11. The lowest BCUT2D eigenvalue weighted by atomic mass is 9.95. The largest absolute Gasteiger partial charge is 0.368 e. The molecular weight excluding hydrogens is 186 g/mol. The Labute approximate surface area is 91.3 Å². The number of nitrogens with zero attached hydrogens (tertiary/aromatic N) is 2. The summed E-state index contributed by atoms with van der Waals surface area (Å²) in [5, 5.41) is 11.5. The number of anilines is 1. The Morgan fingerprint density at radius 1 is 1.33 bits per heavy atom. The van der Waals surface area contributed by atoms with Crippen LogP contribution in [0.3, 0.4) is 0 Å². The maximum atomic E-state index is 4.17. The van der Waals surface area contributed by atoms with E-state index in [2.05, 4.69) is 28.5 Å². The summed E-state index contributed by atoms with van der Waals surface area (Å²) in [6.45, 7) is 3.35. The Bertz CT molecular complexity index is 311. The highest BCUT2D eigenvalue weighted by molar-refractivity contribution is 5.42. The van der Waals surface area contributed by atoms with Crippen LogP contribution in [0.25, 0.3) is 0 Å². The lowest BCUT2D eigenvalue weighted by molar-refractivity contribution is 0.487. The lowest BCUT2D eigenvalue weighted by Gasteiger charge is -2.16. The van der Waals surface area contributed by atoms with Crippen LogP contribution in [0.4, 0.5) is 5.82 Å². The van der Waals surface area contributed by atoms with Gasteiger partial charge in [-0.25, -0.2) is 0 Å². The van der Waals surface area contributed by atoms with Crippen LogP contribution in [0.5, 0.6) is 0 Å². The standard InChI is InChI=1S/C12H19N3/c1-10-5-3-2-4-7-13-12-11(9-10)6-8-14-15-12/h6,8,10H,2-5,7,9H2,1H3,(H,13,15). The maximum absolute atomic E-state index is 4.17. The zero-order valence-electron chi connectivity index (χ0n) is 9.37. The van der Waals surface area contributed by atoms with Crippen LogP contribution >= 0.6 is 0 Å². The first kappa shape index (κ1) is 10.4. The van der Waals surface area contributed by atoms with Crippen LogP contribution < -0.4 is 5.32 Å². The molecule has 1 aromatic rings. The molecule has 0 aromatic carbocycles. The van der Waals surface area contributed by atoms with Crippen LogP contribution in [0.15, 0.2) is 12.3 Å². The van der Waals surface area contributed by atoms with Crippen molar-refractivity contribution in [2.45, 2.75) is 39.0 Å². The summed E-state index contributed by atoms with van der Waals surface area (Å²) in [6.07, 6.45) is 8.17. The third-order valence-corrected chi connectivity index (χ3v) is 3.04. The highest BCUT2D eigenvalue weighted by atomic mass is 15.2. The first-order valence-electron chi connectivity index (χ1n) is 5.90. The van der Waals surface area contributed by atoms with Crippen molar-refractivity contribution in [3.8, 4) is 0 Å². The van der Waals surface area contributed by atoms with E-state index in [1.54, 1.807) is 6.20 Å². The third kappa shape index (κ3) is 2.91. The molecule has 0 bridgehead atoms. The Kier molecular flexibility index (Phi) is 3.54. The second kappa shape index (κ2) is 5.10. The van der Waals surface area contributed by atoms with E-state index in [9.17, 15) is 0 Å². The van der Waals surface area contributed by atoms with E-state index in [1.807, 2.05) is 0 Å². The van der Waals surface area contributed by atoms with Crippen LogP contribution in [-0.2, 0) is 6.42 Å². The molecule has 1 unspecified atom stereocenters. The molecule has 1 N–H and O–H groups in total. The molecule has 1 aromatic heterocycles. The van der Waals surface area contributed by atoms with Crippen molar-refractivity contribution in [2.24, 2.45) is 5.92 Å². The normalized spacial score (nSPS) is 22.6. The zero-order valence-corrected chi connectivity index (χ0v) is 9.37. The zero-order chi connectivity index (χ0) is 10.5. The molecule has 2 rings (SSSR count). The molecule has 15 heavy (non-hydrogen) atoms. The molecule has 1 aliphatic rings. The van der Waals surface area contributed by atoms with Gasteiger partial charge in [-0.05, 0) is 30.4 Å². The quantitative estimate of drug-likeness (QED) is 0.707. The van der Waals surface area contributed by atoms with Crippen molar-refractivity contribution in [1.29, 1.82) is 0 Å². The molecule has 82 valence electrons. The van der Waals surface area contributed by atoms with Gasteiger partial charge in [0.1, 0.15) is 0 Å². The molecule has 0 saturated heterocycles. The van der Waals surface area contributed by atoms with Gasteiger partial charge in [-0.15, -0.1) is 5.10 Å². The molecular formula is C12H19N3. The summed E-state index contributed by atoms with van der Waals surface area (Å²) in [7, 11) is 0. The topological polar surface area (TPSA) is 37.8 Å². The van der Waals surface area contributed by atoms with Gasteiger partial charge in [0.25, 0.3) is 0 Å². The number of aromatic nitrogens is 2. The smallest absolute Gasteiger partial charge is 0.151 e. The number of hydrogen-bond acceptors (Lipinski definition) is 3. The van der Waals surface area contributed by atoms with Gasteiger partial charge in [-0.2, -0.15) is 5.10 Å². The molecule has 0 amide bonds. The van der Waals surface area contributed by atoms with Crippen LogP contribution in [0.2, 0.25) is 0 Å². The van der Waals surface area contributed by atoms with Crippen molar-refractivity contribution in [2.75, 3.05) is 11.9 Å². The number of nitrogens with one attached hydrogen (secondary N) is 1. The van der Waals surface area contributed by atoms with Gasteiger partial charge < -0.3 is 5.32 Å². The van der Waals surface area contributed by atoms with Crippen LogP contribution in [0.1, 0.15) is 38.2 Å².